The fraction of sp³-hybridized carbons (Fsp3) is 0.286. The average molecular weight is 609 g/mol. The average Bonchev–Trinajstić information content (AvgIpc) is 2.94. The van der Waals surface area contributed by atoms with Crippen molar-refractivity contribution in [3.63, 3.8) is 0 Å². The van der Waals surface area contributed by atoms with Crippen molar-refractivity contribution >= 4 is 50.7 Å². The van der Waals surface area contributed by atoms with Crippen molar-refractivity contribution in [2.45, 2.75) is 31.3 Å². The van der Waals surface area contributed by atoms with Gasteiger partial charge < -0.3 is 19.7 Å². The Morgan fingerprint density at radius 2 is 1.60 bits per heavy atom. The lowest BCUT2D eigenvalue weighted by Gasteiger charge is -2.32. The number of ether oxygens (including phenoxy) is 2. The van der Waals surface area contributed by atoms with Gasteiger partial charge in [-0.1, -0.05) is 47.0 Å². The molecule has 0 spiro atoms. The number of halogens is 2. The Hall–Kier alpha value is -3.47. The number of methoxy groups -OCH3 is 2. The fourth-order valence-corrected chi connectivity index (χ4v) is 5.87. The number of sulfonamides is 1. The molecule has 1 atom stereocenters. The third kappa shape index (κ3) is 6.99. The first kappa shape index (κ1) is 31.1. The molecule has 0 aliphatic rings. The van der Waals surface area contributed by atoms with E-state index in [2.05, 4.69) is 5.32 Å². The number of amides is 2. The van der Waals surface area contributed by atoms with Crippen LogP contribution in [0.3, 0.4) is 0 Å². The highest BCUT2D eigenvalue weighted by molar-refractivity contribution is 7.92. The van der Waals surface area contributed by atoms with Gasteiger partial charge in [0.05, 0.1) is 24.8 Å². The number of anilines is 1. The highest BCUT2D eigenvalue weighted by Crippen LogP contribution is 2.32. The molecule has 0 aliphatic heterocycles. The molecule has 1 N–H and O–H groups in total. The zero-order valence-corrected chi connectivity index (χ0v) is 25.1. The van der Waals surface area contributed by atoms with Crippen LogP contribution in [0.5, 0.6) is 11.5 Å². The Kier molecular flexibility index (Phi) is 10.3. The van der Waals surface area contributed by atoms with Crippen molar-refractivity contribution in [2.75, 3.05) is 32.1 Å². The quantitative estimate of drug-likeness (QED) is 0.339. The molecular formula is C28H31Cl2N3O6S. The zero-order chi connectivity index (χ0) is 29.6. The Morgan fingerprint density at radius 3 is 2.17 bits per heavy atom. The van der Waals surface area contributed by atoms with Crippen molar-refractivity contribution < 1.29 is 27.5 Å². The van der Waals surface area contributed by atoms with E-state index in [0.717, 1.165) is 9.87 Å². The Morgan fingerprint density at radius 1 is 0.950 bits per heavy atom. The van der Waals surface area contributed by atoms with Gasteiger partial charge in [0.15, 0.2) is 11.5 Å². The van der Waals surface area contributed by atoms with E-state index >= 15 is 0 Å². The molecule has 0 aromatic heterocycles. The van der Waals surface area contributed by atoms with Crippen LogP contribution >= 0.6 is 23.2 Å². The number of likely N-dealkylation sites (N-methyl/N-ethyl adjacent to an activating group) is 1. The van der Waals surface area contributed by atoms with Crippen molar-refractivity contribution in [3.05, 3.63) is 81.8 Å². The summed E-state index contributed by atoms with van der Waals surface area (Å²) in [6.07, 6.45) is 0. The molecule has 0 aliphatic carbocycles. The smallest absolute Gasteiger partial charge is 0.264 e. The molecule has 0 radical (unpaired) electrons. The number of nitrogens with one attached hydrogen (secondary N) is 1. The van der Waals surface area contributed by atoms with Crippen LogP contribution in [0, 0.1) is 6.92 Å². The van der Waals surface area contributed by atoms with Crippen molar-refractivity contribution in [2.24, 2.45) is 0 Å². The van der Waals surface area contributed by atoms with Gasteiger partial charge in [0.25, 0.3) is 10.0 Å². The first-order chi connectivity index (χ1) is 18.9. The lowest BCUT2D eigenvalue weighted by atomic mass is 10.1. The fourth-order valence-electron chi connectivity index (χ4n) is 3.97. The Balaban J connectivity index is 2.08. The van der Waals surface area contributed by atoms with E-state index in [1.54, 1.807) is 43.3 Å². The summed E-state index contributed by atoms with van der Waals surface area (Å²) in [5.41, 5.74) is 1.72. The van der Waals surface area contributed by atoms with Crippen LogP contribution in [0.25, 0.3) is 0 Å². The van der Waals surface area contributed by atoms with Crippen LogP contribution in [-0.2, 0) is 26.2 Å². The number of aryl methyl sites for hydroxylation is 1. The molecule has 214 valence electrons. The maximum Gasteiger partial charge on any atom is 0.264 e. The summed E-state index contributed by atoms with van der Waals surface area (Å²) in [7, 11) is 0.0114. The van der Waals surface area contributed by atoms with E-state index in [4.69, 9.17) is 32.7 Å². The van der Waals surface area contributed by atoms with E-state index in [-0.39, 0.29) is 22.9 Å². The second-order valence-corrected chi connectivity index (χ2v) is 11.6. The van der Waals surface area contributed by atoms with E-state index < -0.39 is 34.4 Å². The highest BCUT2D eigenvalue weighted by Gasteiger charge is 2.33. The van der Waals surface area contributed by atoms with Gasteiger partial charge in [0, 0.05) is 29.7 Å². The van der Waals surface area contributed by atoms with Gasteiger partial charge >= 0.3 is 0 Å². The van der Waals surface area contributed by atoms with Crippen molar-refractivity contribution in [3.8, 4) is 11.5 Å². The minimum Gasteiger partial charge on any atom is -0.493 e. The predicted octanol–water partition coefficient (Wildman–Crippen LogP) is 4.68. The van der Waals surface area contributed by atoms with Crippen molar-refractivity contribution in [1.29, 1.82) is 0 Å². The molecule has 40 heavy (non-hydrogen) atoms. The van der Waals surface area contributed by atoms with Crippen LogP contribution in [0.2, 0.25) is 10.0 Å². The number of carbonyl (C=O) groups excluding carboxylic acids is 2. The minimum atomic E-state index is -4.29. The third-order valence-electron chi connectivity index (χ3n) is 6.31. The Labute approximate surface area is 244 Å². The molecule has 9 nitrogen and oxygen atoms in total. The van der Waals surface area contributed by atoms with Gasteiger partial charge in [-0.05, 0) is 55.8 Å². The van der Waals surface area contributed by atoms with Crippen LogP contribution in [0.15, 0.2) is 65.6 Å². The summed E-state index contributed by atoms with van der Waals surface area (Å²) >= 11 is 12.4. The largest absolute Gasteiger partial charge is 0.493 e. The number of nitrogens with zero attached hydrogens (tertiary/aromatic N) is 2. The van der Waals surface area contributed by atoms with Gasteiger partial charge in [0.2, 0.25) is 11.8 Å². The van der Waals surface area contributed by atoms with Gasteiger partial charge in [-0.15, -0.1) is 0 Å². The molecule has 0 saturated heterocycles. The normalized spacial score (nSPS) is 11.9. The standard InChI is InChI=1S/C28H31Cl2N3O6S/c1-18-6-10-22(11-7-18)33(40(36,37)23-12-13-25(38-4)26(15-23)39-5)17-27(34)32(19(2)28(35)31-3)16-20-8-9-21(29)14-24(20)30/h6-15,19H,16-17H2,1-5H3,(H,31,35). The topological polar surface area (TPSA) is 105 Å². The van der Waals surface area contributed by atoms with Gasteiger partial charge in [-0.2, -0.15) is 0 Å². The maximum atomic E-state index is 14.0. The number of benzene rings is 3. The monoisotopic (exact) mass is 607 g/mol. The molecule has 2 amide bonds. The summed E-state index contributed by atoms with van der Waals surface area (Å²) in [5.74, 6) is -0.481. The second kappa shape index (κ2) is 13.3. The number of carbonyl (C=O) groups is 2. The molecular weight excluding hydrogens is 577 g/mol. The molecule has 0 fully saturated rings. The first-order valence-corrected chi connectivity index (χ1v) is 14.4. The summed E-state index contributed by atoms with van der Waals surface area (Å²) < 4.78 is 39.5. The third-order valence-corrected chi connectivity index (χ3v) is 8.67. The lowest BCUT2D eigenvalue weighted by molar-refractivity contribution is -0.139. The lowest BCUT2D eigenvalue weighted by Crippen LogP contribution is -2.50. The molecule has 3 aromatic rings. The molecule has 0 bridgehead atoms. The van der Waals surface area contributed by atoms with E-state index in [0.29, 0.717) is 21.4 Å². The van der Waals surface area contributed by atoms with Crippen LogP contribution in [0.1, 0.15) is 18.1 Å². The van der Waals surface area contributed by atoms with Crippen molar-refractivity contribution in [1.82, 2.24) is 10.2 Å². The highest BCUT2D eigenvalue weighted by atomic mass is 35.5. The Bertz CT molecular complexity index is 1480. The molecule has 12 heteroatoms. The summed E-state index contributed by atoms with van der Waals surface area (Å²) in [5, 5.41) is 3.26. The van der Waals surface area contributed by atoms with Crippen LogP contribution in [0.4, 0.5) is 5.69 Å². The van der Waals surface area contributed by atoms with E-state index in [1.807, 2.05) is 6.92 Å². The molecule has 0 saturated carbocycles. The SMILES string of the molecule is CNC(=O)C(C)N(Cc1ccc(Cl)cc1Cl)C(=O)CN(c1ccc(C)cc1)S(=O)(=O)c1ccc(OC)c(OC)c1. The number of hydrogen-bond donors (Lipinski definition) is 1. The van der Waals surface area contributed by atoms with Gasteiger partial charge in [-0.3, -0.25) is 13.9 Å². The molecule has 0 heterocycles. The summed E-state index contributed by atoms with van der Waals surface area (Å²) in [4.78, 5) is 27.6. The minimum absolute atomic E-state index is 0.0540. The molecule has 3 aromatic carbocycles. The predicted molar refractivity (Wildman–Crippen MR) is 156 cm³/mol. The number of hydrogen-bond acceptors (Lipinski definition) is 6. The van der Waals surface area contributed by atoms with Crippen LogP contribution < -0.4 is 19.1 Å². The molecule has 3 rings (SSSR count). The van der Waals surface area contributed by atoms with E-state index in [9.17, 15) is 18.0 Å². The summed E-state index contributed by atoms with van der Waals surface area (Å²) in [6, 6.07) is 14.8. The molecule has 1 unspecified atom stereocenters. The maximum absolute atomic E-state index is 14.0. The van der Waals surface area contributed by atoms with Crippen LogP contribution in [-0.4, -0.2) is 59.0 Å². The summed E-state index contributed by atoms with van der Waals surface area (Å²) in [6.45, 7) is 2.78. The van der Waals surface area contributed by atoms with Gasteiger partial charge in [-0.25, -0.2) is 8.42 Å². The second-order valence-electron chi connectivity index (χ2n) is 8.91. The zero-order valence-electron chi connectivity index (χ0n) is 22.8. The van der Waals surface area contributed by atoms with E-state index in [1.165, 1.54) is 50.4 Å². The number of rotatable bonds is 11. The first-order valence-electron chi connectivity index (χ1n) is 12.2. The van der Waals surface area contributed by atoms with Gasteiger partial charge in [0.1, 0.15) is 12.6 Å².